The molecule has 0 radical (unpaired) electrons. The Morgan fingerprint density at radius 1 is 1.26 bits per heavy atom. The first kappa shape index (κ1) is 21.8. The third-order valence-electron chi connectivity index (χ3n) is 6.98. The van der Waals surface area contributed by atoms with Gasteiger partial charge >= 0.3 is 0 Å². The van der Waals surface area contributed by atoms with Crippen LogP contribution in [0.25, 0.3) is 22.8 Å². The van der Waals surface area contributed by atoms with Crippen LogP contribution in [0.3, 0.4) is 0 Å². The van der Waals surface area contributed by atoms with E-state index in [9.17, 15) is 4.79 Å². The van der Waals surface area contributed by atoms with Crippen LogP contribution >= 0.6 is 0 Å². The summed E-state index contributed by atoms with van der Waals surface area (Å²) >= 11 is 0. The van der Waals surface area contributed by atoms with E-state index in [1.165, 1.54) is 5.56 Å². The molecule has 3 N–H and O–H groups in total. The van der Waals surface area contributed by atoms with Gasteiger partial charge in [0.1, 0.15) is 11.6 Å². The normalized spacial score (nSPS) is 18.1. The second-order valence-corrected chi connectivity index (χ2v) is 9.48. The average molecular weight is 469 g/mol. The molecule has 8 nitrogen and oxygen atoms in total. The van der Waals surface area contributed by atoms with Crippen LogP contribution < -0.4 is 5.73 Å². The molecule has 2 aliphatic rings. The molecule has 8 heteroatoms. The Hall–Kier alpha value is -3.75. The molecule has 1 fully saturated rings. The quantitative estimate of drug-likeness (QED) is 0.433. The number of hydrogen-bond acceptors (Lipinski definition) is 6. The first-order chi connectivity index (χ1) is 17.0. The number of ether oxygens (including phenoxy) is 1. The molecule has 1 aliphatic heterocycles. The Labute approximate surface area is 203 Å². The molecule has 0 spiro atoms. The number of morpholine rings is 1. The van der Waals surface area contributed by atoms with Crippen molar-refractivity contribution in [1.82, 2.24) is 24.6 Å². The highest BCUT2D eigenvalue weighted by Gasteiger charge is 2.25. The van der Waals surface area contributed by atoms with Gasteiger partial charge in [-0.15, -0.1) is 0 Å². The molecule has 4 aromatic rings. The van der Waals surface area contributed by atoms with E-state index in [1.807, 2.05) is 31.2 Å². The summed E-state index contributed by atoms with van der Waals surface area (Å²) in [6.45, 7) is 7.48. The van der Waals surface area contributed by atoms with Crippen molar-refractivity contribution in [1.29, 1.82) is 0 Å². The van der Waals surface area contributed by atoms with Crippen LogP contribution in [-0.2, 0) is 17.7 Å². The minimum atomic E-state index is -0.0771. The molecule has 35 heavy (non-hydrogen) atoms. The molecule has 0 saturated carbocycles. The van der Waals surface area contributed by atoms with Crippen molar-refractivity contribution in [2.75, 3.05) is 25.5 Å². The van der Waals surface area contributed by atoms with Gasteiger partial charge in [0, 0.05) is 31.1 Å². The fourth-order valence-electron chi connectivity index (χ4n) is 5.03. The summed E-state index contributed by atoms with van der Waals surface area (Å²) in [5, 5.41) is 4.42. The summed E-state index contributed by atoms with van der Waals surface area (Å²) in [5.74, 6) is 1.10. The monoisotopic (exact) mass is 468 g/mol. The lowest BCUT2D eigenvalue weighted by Gasteiger charge is -2.33. The number of ketones is 1. The van der Waals surface area contributed by atoms with E-state index in [0.717, 1.165) is 65.5 Å². The van der Waals surface area contributed by atoms with Gasteiger partial charge in [0.25, 0.3) is 0 Å². The summed E-state index contributed by atoms with van der Waals surface area (Å²) in [7, 11) is 0. The first-order valence-corrected chi connectivity index (χ1v) is 12.0. The lowest BCUT2D eigenvalue weighted by atomic mass is 10.0. The van der Waals surface area contributed by atoms with Gasteiger partial charge in [-0.25, -0.2) is 9.67 Å². The van der Waals surface area contributed by atoms with Crippen molar-refractivity contribution in [3.05, 3.63) is 76.2 Å². The van der Waals surface area contributed by atoms with Crippen LogP contribution in [0.5, 0.6) is 0 Å². The number of aromatic nitrogens is 4. The predicted octanol–water partition coefficient (Wildman–Crippen LogP) is 3.68. The topological polar surface area (TPSA) is 102 Å². The smallest absolute Gasteiger partial charge is 0.194 e. The van der Waals surface area contributed by atoms with E-state index in [4.69, 9.17) is 10.5 Å². The van der Waals surface area contributed by atoms with Crippen molar-refractivity contribution in [2.24, 2.45) is 0 Å². The molecule has 0 unspecified atom stereocenters. The number of allylic oxidation sites excluding steroid dienone is 1. The molecule has 178 valence electrons. The highest BCUT2D eigenvalue weighted by atomic mass is 16.5. The number of rotatable bonds is 5. The van der Waals surface area contributed by atoms with Gasteiger partial charge in [-0.2, -0.15) is 5.10 Å². The number of hydrogen-bond donors (Lipinski definition) is 2. The molecule has 2 aromatic heterocycles. The van der Waals surface area contributed by atoms with Crippen molar-refractivity contribution in [3.8, 4) is 5.69 Å². The van der Waals surface area contributed by atoms with E-state index < -0.39 is 0 Å². The number of carbonyl (C=O) groups is 1. The molecule has 1 atom stereocenters. The van der Waals surface area contributed by atoms with Gasteiger partial charge in [-0.1, -0.05) is 18.2 Å². The van der Waals surface area contributed by atoms with Crippen LogP contribution in [0.2, 0.25) is 0 Å². The van der Waals surface area contributed by atoms with E-state index in [1.54, 1.807) is 10.9 Å². The van der Waals surface area contributed by atoms with Crippen LogP contribution in [0.4, 0.5) is 5.82 Å². The Balaban J connectivity index is 1.23. The molecule has 2 aromatic carbocycles. The van der Waals surface area contributed by atoms with Gasteiger partial charge in [0.05, 0.1) is 41.7 Å². The molecule has 0 bridgehead atoms. The number of fused-ring (bicyclic) bond motifs is 2. The Kier molecular flexibility index (Phi) is 5.27. The SMILES string of the molecule is Cc1nc2ccc(-n3ncc(C(=O)C4=Cc5cc(CN6CCOC[C@@H]6C)ccc5C4)c3N)cc2[nH]1. The van der Waals surface area contributed by atoms with Gasteiger partial charge in [-0.3, -0.25) is 9.69 Å². The molecule has 3 heterocycles. The maximum atomic E-state index is 13.4. The summed E-state index contributed by atoms with van der Waals surface area (Å²) in [6, 6.07) is 12.7. The largest absolute Gasteiger partial charge is 0.383 e. The van der Waals surface area contributed by atoms with E-state index in [0.29, 0.717) is 23.8 Å². The summed E-state index contributed by atoms with van der Waals surface area (Å²) < 4.78 is 7.16. The van der Waals surface area contributed by atoms with Crippen LogP contribution in [0.1, 0.15) is 39.8 Å². The third-order valence-corrected chi connectivity index (χ3v) is 6.98. The zero-order chi connectivity index (χ0) is 24.1. The lowest BCUT2D eigenvalue weighted by Crippen LogP contribution is -2.42. The Morgan fingerprint density at radius 3 is 3.00 bits per heavy atom. The van der Waals surface area contributed by atoms with E-state index in [-0.39, 0.29) is 5.78 Å². The number of nitrogens with two attached hydrogens (primary N) is 1. The third kappa shape index (κ3) is 3.94. The number of benzene rings is 2. The number of aromatic amines is 1. The maximum absolute atomic E-state index is 13.4. The molecule has 0 amide bonds. The predicted molar refractivity (Wildman–Crippen MR) is 136 cm³/mol. The van der Waals surface area contributed by atoms with Crippen molar-refractivity contribution in [3.63, 3.8) is 0 Å². The number of carbonyl (C=O) groups excluding carboxylic acids is 1. The lowest BCUT2D eigenvalue weighted by molar-refractivity contribution is -0.00437. The van der Waals surface area contributed by atoms with E-state index >= 15 is 0 Å². The minimum absolute atomic E-state index is 0.0771. The highest BCUT2D eigenvalue weighted by molar-refractivity contribution is 6.15. The number of nitrogens with zero attached hydrogens (tertiary/aromatic N) is 4. The van der Waals surface area contributed by atoms with Gasteiger partial charge in [0.15, 0.2) is 5.78 Å². The standard InChI is InChI=1S/C27H28N6O2/c1-16-15-35-8-7-32(16)14-18-3-4-19-10-21(11-20(19)9-18)26(34)23-13-29-33(27(23)28)22-5-6-24-25(12-22)31-17(2)30-24/h3-6,9,11-13,16H,7-8,10,14-15,28H2,1-2H3,(H,30,31)/t16-/m0/s1. The fourth-order valence-corrected chi connectivity index (χ4v) is 5.03. The molecule has 6 rings (SSSR count). The first-order valence-electron chi connectivity index (χ1n) is 12.0. The Bertz CT molecular complexity index is 1480. The molecular weight excluding hydrogens is 440 g/mol. The minimum Gasteiger partial charge on any atom is -0.383 e. The van der Waals surface area contributed by atoms with E-state index in [2.05, 4.69) is 45.1 Å². The summed E-state index contributed by atoms with van der Waals surface area (Å²) in [6.07, 6.45) is 4.17. The zero-order valence-corrected chi connectivity index (χ0v) is 19.9. The Morgan fingerprint density at radius 2 is 2.14 bits per heavy atom. The number of anilines is 1. The van der Waals surface area contributed by atoms with Crippen LogP contribution in [0.15, 0.2) is 48.2 Å². The van der Waals surface area contributed by atoms with Crippen LogP contribution in [0, 0.1) is 6.92 Å². The van der Waals surface area contributed by atoms with Crippen molar-refractivity contribution < 1.29 is 9.53 Å². The van der Waals surface area contributed by atoms with Gasteiger partial charge in [-0.05, 0) is 54.8 Å². The number of imidazole rings is 1. The number of aryl methyl sites for hydroxylation is 1. The molecule has 1 aliphatic carbocycles. The molecular formula is C27H28N6O2. The summed E-state index contributed by atoms with van der Waals surface area (Å²) in [5.41, 5.74) is 13.7. The molecule has 1 saturated heterocycles. The van der Waals surface area contributed by atoms with Crippen molar-refractivity contribution in [2.45, 2.75) is 32.9 Å². The second kappa shape index (κ2) is 8.48. The number of nitrogen functional groups attached to an aromatic ring is 1. The number of H-pyrrole nitrogens is 1. The highest BCUT2D eigenvalue weighted by Crippen LogP contribution is 2.31. The maximum Gasteiger partial charge on any atom is 0.194 e. The van der Waals surface area contributed by atoms with Crippen molar-refractivity contribution >= 4 is 28.7 Å². The number of Topliss-reactive ketones (excluding diaryl/α,β-unsaturated/α-hetero) is 1. The fraction of sp³-hybridized carbons (Fsp3) is 0.296. The van der Waals surface area contributed by atoms with Crippen LogP contribution in [-0.4, -0.2) is 56.2 Å². The van der Waals surface area contributed by atoms with Gasteiger partial charge < -0.3 is 15.5 Å². The zero-order valence-electron chi connectivity index (χ0n) is 19.9. The van der Waals surface area contributed by atoms with Gasteiger partial charge in [0.2, 0.25) is 0 Å². The second-order valence-electron chi connectivity index (χ2n) is 9.48. The average Bonchev–Trinajstić information content (AvgIpc) is 3.55. The number of nitrogens with one attached hydrogen (secondary N) is 1. The summed E-state index contributed by atoms with van der Waals surface area (Å²) in [4.78, 5) is 23.5.